The summed E-state index contributed by atoms with van der Waals surface area (Å²) in [6.07, 6.45) is 0. The lowest BCUT2D eigenvalue weighted by molar-refractivity contribution is 0.0861. The van der Waals surface area contributed by atoms with Crippen molar-refractivity contribution in [3.05, 3.63) is 68.4 Å². The number of rotatable bonds is 3. The number of hydrogen-bond donors (Lipinski definition) is 0. The fourth-order valence-electron chi connectivity index (χ4n) is 2.35. The van der Waals surface area contributed by atoms with E-state index >= 15 is 0 Å². The van der Waals surface area contributed by atoms with Gasteiger partial charge in [0.2, 0.25) is 0 Å². The van der Waals surface area contributed by atoms with Gasteiger partial charge in [-0.1, -0.05) is 52.6 Å². The molecule has 0 aromatic heterocycles. The number of nitrogens with zero attached hydrogens (tertiary/aromatic N) is 2. The van der Waals surface area contributed by atoms with Crippen molar-refractivity contribution < 1.29 is 9.18 Å². The van der Waals surface area contributed by atoms with E-state index in [1.54, 1.807) is 24.3 Å². The number of carbonyl (C=O) groups is 1. The minimum absolute atomic E-state index is 0.259. The molecule has 0 spiro atoms. The lowest BCUT2D eigenvalue weighted by Crippen LogP contribution is -2.33. The second-order valence-electron chi connectivity index (χ2n) is 5.23. The first-order valence-corrected chi connectivity index (χ1v) is 9.46. The first-order chi connectivity index (χ1) is 12.0. The van der Waals surface area contributed by atoms with Crippen molar-refractivity contribution in [3.63, 3.8) is 0 Å². The van der Waals surface area contributed by atoms with Crippen LogP contribution in [0.5, 0.6) is 0 Å². The summed E-state index contributed by atoms with van der Waals surface area (Å²) in [6.45, 7) is 0.940. The molecule has 1 amide bonds. The van der Waals surface area contributed by atoms with Crippen LogP contribution in [0.15, 0.2) is 41.4 Å². The number of carbonyl (C=O) groups excluding carboxylic acids is 1. The van der Waals surface area contributed by atoms with Gasteiger partial charge in [-0.05, 0) is 30.3 Å². The predicted octanol–water partition coefficient (Wildman–Crippen LogP) is 5.53. The van der Waals surface area contributed by atoms with E-state index in [1.165, 1.54) is 28.8 Å². The van der Waals surface area contributed by atoms with Crippen molar-refractivity contribution >= 4 is 57.6 Å². The topological polar surface area (TPSA) is 32.7 Å². The van der Waals surface area contributed by atoms with Crippen molar-refractivity contribution in [3.8, 4) is 0 Å². The lowest BCUT2D eigenvalue weighted by Gasteiger charge is -2.19. The molecule has 25 heavy (non-hydrogen) atoms. The maximum absolute atomic E-state index is 13.9. The Balaban J connectivity index is 1.75. The molecule has 1 heterocycles. The molecule has 0 N–H and O–H groups in total. The largest absolute Gasteiger partial charge is 0.286 e. The zero-order chi connectivity index (χ0) is 18.0. The Morgan fingerprint density at radius 2 is 2.00 bits per heavy atom. The van der Waals surface area contributed by atoms with Gasteiger partial charge in [-0.25, -0.2) is 4.39 Å². The number of halogens is 4. The summed E-state index contributed by atoms with van der Waals surface area (Å²) in [4.78, 5) is 18.6. The van der Waals surface area contributed by atoms with Gasteiger partial charge in [0.15, 0.2) is 5.17 Å². The Labute approximate surface area is 163 Å². The van der Waals surface area contributed by atoms with Gasteiger partial charge in [0.05, 0.1) is 17.1 Å². The van der Waals surface area contributed by atoms with Gasteiger partial charge in [0.25, 0.3) is 5.91 Å². The monoisotopic (exact) mass is 416 g/mol. The van der Waals surface area contributed by atoms with E-state index in [4.69, 9.17) is 34.8 Å². The standard InChI is InChI=1S/C17H12Cl3FN2OS/c18-10-4-5-11(14(20)8-10)16(24)23-7-6-22-17(23)25-9-12-13(19)2-1-3-15(12)21/h1-5,8H,6-7,9H2. The summed E-state index contributed by atoms with van der Waals surface area (Å²) >= 11 is 19.3. The van der Waals surface area contributed by atoms with Crippen LogP contribution in [0.25, 0.3) is 0 Å². The fourth-order valence-corrected chi connectivity index (χ4v) is 4.23. The molecule has 1 aliphatic rings. The van der Waals surface area contributed by atoms with Gasteiger partial charge in [0.1, 0.15) is 5.82 Å². The van der Waals surface area contributed by atoms with Crippen molar-refractivity contribution in [2.24, 2.45) is 4.99 Å². The molecule has 0 atom stereocenters. The highest BCUT2D eigenvalue weighted by molar-refractivity contribution is 8.13. The molecule has 0 fully saturated rings. The van der Waals surface area contributed by atoms with E-state index in [2.05, 4.69) is 4.99 Å². The van der Waals surface area contributed by atoms with Crippen LogP contribution in [0.2, 0.25) is 15.1 Å². The van der Waals surface area contributed by atoms with Crippen molar-refractivity contribution in [2.45, 2.75) is 5.75 Å². The molecule has 3 nitrogen and oxygen atoms in total. The minimum Gasteiger partial charge on any atom is -0.286 e. The van der Waals surface area contributed by atoms with Crippen LogP contribution in [-0.4, -0.2) is 29.1 Å². The van der Waals surface area contributed by atoms with Gasteiger partial charge in [-0.15, -0.1) is 0 Å². The van der Waals surface area contributed by atoms with Crippen molar-refractivity contribution in [2.75, 3.05) is 13.1 Å². The van der Waals surface area contributed by atoms with Gasteiger partial charge in [0, 0.05) is 27.9 Å². The van der Waals surface area contributed by atoms with E-state index in [0.717, 1.165) is 0 Å². The third-order valence-electron chi connectivity index (χ3n) is 3.62. The molecule has 2 aromatic rings. The first-order valence-electron chi connectivity index (χ1n) is 7.34. The summed E-state index contributed by atoms with van der Waals surface area (Å²) in [5.74, 6) is -0.357. The molecule has 0 bridgehead atoms. The van der Waals surface area contributed by atoms with Crippen molar-refractivity contribution in [1.29, 1.82) is 0 Å². The maximum atomic E-state index is 13.9. The molecule has 0 aliphatic carbocycles. The molecule has 1 aliphatic heterocycles. The Hall–Kier alpha value is -1.27. The normalized spacial score (nSPS) is 13.9. The number of amides is 1. The zero-order valence-corrected chi connectivity index (χ0v) is 15.9. The predicted molar refractivity (Wildman–Crippen MR) is 103 cm³/mol. The smallest absolute Gasteiger partial charge is 0.261 e. The molecule has 130 valence electrons. The van der Waals surface area contributed by atoms with Crippen LogP contribution in [-0.2, 0) is 5.75 Å². The SMILES string of the molecule is O=C(c1ccc(Cl)cc1Cl)N1CCN=C1SCc1c(F)cccc1Cl. The molecule has 0 unspecified atom stereocenters. The van der Waals surface area contributed by atoms with Gasteiger partial charge in [-0.3, -0.25) is 14.7 Å². The summed E-state index contributed by atoms with van der Waals surface area (Å²) in [5, 5.41) is 1.62. The Kier molecular flexibility index (Phi) is 5.89. The molecule has 0 saturated carbocycles. The minimum atomic E-state index is -0.378. The van der Waals surface area contributed by atoms with E-state index < -0.39 is 0 Å². The maximum Gasteiger partial charge on any atom is 0.261 e. The van der Waals surface area contributed by atoms with Gasteiger partial charge in [-0.2, -0.15) is 0 Å². The Bertz CT molecular complexity index is 840. The zero-order valence-electron chi connectivity index (χ0n) is 12.8. The summed E-state index contributed by atoms with van der Waals surface area (Å²) in [5.41, 5.74) is 0.742. The molecule has 8 heteroatoms. The second kappa shape index (κ2) is 7.96. The number of hydrogen-bond acceptors (Lipinski definition) is 3. The highest BCUT2D eigenvalue weighted by Gasteiger charge is 2.27. The van der Waals surface area contributed by atoms with E-state index in [-0.39, 0.29) is 22.5 Å². The lowest BCUT2D eigenvalue weighted by atomic mass is 10.2. The van der Waals surface area contributed by atoms with Crippen LogP contribution in [0.4, 0.5) is 4.39 Å². The van der Waals surface area contributed by atoms with Crippen LogP contribution in [0.1, 0.15) is 15.9 Å². The summed E-state index contributed by atoms with van der Waals surface area (Å²) < 4.78 is 13.9. The average molecular weight is 418 g/mol. The van der Waals surface area contributed by atoms with E-state index in [9.17, 15) is 9.18 Å². The van der Waals surface area contributed by atoms with Gasteiger partial charge >= 0.3 is 0 Å². The third kappa shape index (κ3) is 4.11. The number of amidine groups is 1. The first kappa shape index (κ1) is 18.5. The van der Waals surface area contributed by atoms with Crippen LogP contribution in [0, 0.1) is 5.82 Å². The number of thioether (sulfide) groups is 1. The highest BCUT2D eigenvalue weighted by Crippen LogP contribution is 2.28. The quantitative estimate of drug-likeness (QED) is 0.657. The van der Waals surface area contributed by atoms with Gasteiger partial charge < -0.3 is 0 Å². The van der Waals surface area contributed by atoms with Crippen LogP contribution in [0.3, 0.4) is 0 Å². The van der Waals surface area contributed by atoms with Crippen LogP contribution >= 0.6 is 46.6 Å². The Morgan fingerprint density at radius 1 is 1.20 bits per heavy atom. The summed E-state index contributed by atoms with van der Waals surface area (Å²) in [6, 6.07) is 9.26. The highest BCUT2D eigenvalue weighted by atomic mass is 35.5. The molecular weight excluding hydrogens is 406 g/mol. The molecule has 2 aromatic carbocycles. The van der Waals surface area contributed by atoms with E-state index in [0.29, 0.717) is 39.4 Å². The second-order valence-corrected chi connectivity index (χ2v) is 7.43. The molecule has 3 rings (SSSR count). The van der Waals surface area contributed by atoms with Crippen molar-refractivity contribution in [1.82, 2.24) is 4.90 Å². The molecule has 0 radical (unpaired) electrons. The number of benzene rings is 2. The third-order valence-corrected chi connectivity index (χ3v) is 5.56. The van der Waals surface area contributed by atoms with Crippen LogP contribution < -0.4 is 0 Å². The fraction of sp³-hybridized carbons (Fsp3) is 0.176. The number of aliphatic imine (C=N–C) groups is 1. The average Bonchev–Trinajstić information content (AvgIpc) is 3.02. The molecular formula is C17H12Cl3FN2OS. The molecule has 0 saturated heterocycles. The summed E-state index contributed by atoms with van der Waals surface area (Å²) in [7, 11) is 0. The Morgan fingerprint density at radius 3 is 2.72 bits per heavy atom. The van der Waals surface area contributed by atoms with E-state index in [1.807, 2.05) is 0 Å².